The smallest absolute Gasteiger partial charge is 0.408 e. The summed E-state index contributed by atoms with van der Waals surface area (Å²) >= 11 is 0. The first-order valence-electron chi connectivity index (χ1n) is 11.6. The van der Waals surface area contributed by atoms with Gasteiger partial charge in [0.2, 0.25) is 11.8 Å². The lowest BCUT2D eigenvalue weighted by atomic mass is 9.84. The minimum absolute atomic E-state index is 0.0903. The van der Waals surface area contributed by atoms with Crippen molar-refractivity contribution in [3.8, 4) is 0 Å². The zero-order valence-corrected chi connectivity index (χ0v) is 18.4. The van der Waals surface area contributed by atoms with Crippen molar-refractivity contribution < 1.29 is 23.9 Å². The monoisotopic (exact) mass is 443 g/mol. The molecule has 1 saturated carbocycles. The predicted octanol–water partition coefficient (Wildman–Crippen LogP) is 2.46. The number of ether oxygens (including phenoxy) is 1. The number of carbonyl (C=O) groups is 4. The van der Waals surface area contributed by atoms with Gasteiger partial charge in [0, 0.05) is 12.5 Å². The summed E-state index contributed by atoms with van der Waals surface area (Å²) in [7, 11) is 0. The molecule has 3 rings (SSSR count). The number of nitrogens with one attached hydrogen (secondary N) is 3. The van der Waals surface area contributed by atoms with E-state index < -0.39 is 24.1 Å². The van der Waals surface area contributed by atoms with E-state index in [0.29, 0.717) is 31.6 Å². The molecule has 2 fully saturated rings. The van der Waals surface area contributed by atoms with Gasteiger partial charge in [0.25, 0.3) is 0 Å². The molecule has 32 heavy (non-hydrogen) atoms. The summed E-state index contributed by atoms with van der Waals surface area (Å²) in [5.74, 6) is -0.453. The quantitative estimate of drug-likeness (QED) is 0.481. The van der Waals surface area contributed by atoms with Crippen LogP contribution in [0.3, 0.4) is 0 Å². The van der Waals surface area contributed by atoms with E-state index in [1.54, 1.807) is 0 Å². The second-order valence-corrected chi connectivity index (χ2v) is 8.76. The number of carbonyl (C=O) groups excluding carboxylic acids is 4. The van der Waals surface area contributed by atoms with Crippen LogP contribution in [0.15, 0.2) is 30.3 Å². The van der Waals surface area contributed by atoms with Crippen LogP contribution in [0.4, 0.5) is 4.79 Å². The van der Waals surface area contributed by atoms with Gasteiger partial charge in [-0.3, -0.25) is 9.59 Å². The molecule has 3 N–H and O–H groups in total. The Morgan fingerprint density at radius 3 is 2.47 bits per heavy atom. The highest BCUT2D eigenvalue weighted by Gasteiger charge is 2.31. The maximum Gasteiger partial charge on any atom is 0.408 e. The Morgan fingerprint density at radius 2 is 1.81 bits per heavy atom. The van der Waals surface area contributed by atoms with Gasteiger partial charge >= 0.3 is 6.09 Å². The molecule has 0 radical (unpaired) electrons. The van der Waals surface area contributed by atoms with E-state index in [1.807, 2.05) is 30.3 Å². The minimum atomic E-state index is -0.791. The van der Waals surface area contributed by atoms with Gasteiger partial charge in [0.1, 0.15) is 18.9 Å². The van der Waals surface area contributed by atoms with Crippen molar-refractivity contribution in [2.45, 2.75) is 70.1 Å². The molecule has 0 spiro atoms. The Bertz CT molecular complexity index is 779. The van der Waals surface area contributed by atoms with E-state index >= 15 is 0 Å². The first kappa shape index (κ1) is 23.8. The van der Waals surface area contributed by atoms with E-state index in [0.717, 1.165) is 31.2 Å². The molecule has 8 heteroatoms. The van der Waals surface area contributed by atoms with Crippen LogP contribution < -0.4 is 16.0 Å². The Balaban J connectivity index is 1.58. The van der Waals surface area contributed by atoms with Gasteiger partial charge in [-0.25, -0.2) is 4.79 Å². The average Bonchev–Trinajstić information content (AvgIpc) is 3.22. The maximum absolute atomic E-state index is 13.0. The molecule has 1 unspecified atom stereocenters. The standard InChI is InChI=1S/C24H33N3O5/c28-15-20(14-19-11-12-25-22(19)29)26-23(30)21(13-17-7-3-1-4-8-17)27-24(31)32-16-18-9-5-2-6-10-18/h2,5-6,9-10,15,17,19-21H,1,3-4,7-8,11-14,16H2,(H,25,29)(H,26,30)(H,27,31)/t19?,20-,21-/m0/s1. The fourth-order valence-electron chi connectivity index (χ4n) is 4.50. The van der Waals surface area contributed by atoms with Gasteiger partial charge < -0.3 is 25.5 Å². The zero-order valence-electron chi connectivity index (χ0n) is 18.4. The molecule has 1 saturated heterocycles. The second kappa shape index (κ2) is 12.2. The highest BCUT2D eigenvalue weighted by atomic mass is 16.5. The summed E-state index contributed by atoms with van der Waals surface area (Å²) in [6.07, 6.45) is 6.87. The van der Waals surface area contributed by atoms with E-state index in [2.05, 4.69) is 16.0 Å². The summed E-state index contributed by atoms with van der Waals surface area (Å²) < 4.78 is 5.30. The summed E-state index contributed by atoms with van der Waals surface area (Å²) in [6.45, 7) is 0.695. The number of alkyl carbamates (subject to hydrolysis) is 1. The number of hydrogen-bond donors (Lipinski definition) is 3. The largest absolute Gasteiger partial charge is 0.445 e. The van der Waals surface area contributed by atoms with Crippen molar-refractivity contribution in [2.24, 2.45) is 11.8 Å². The summed E-state index contributed by atoms with van der Waals surface area (Å²) in [5.41, 5.74) is 0.854. The molecule has 1 aromatic rings. The Labute approximate surface area is 188 Å². The third-order valence-electron chi connectivity index (χ3n) is 6.31. The number of rotatable bonds is 10. The molecule has 8 nitrogen and oxygen atoms in total. The van der Waals surface area contributed by atoms with Gasteiger partial charge in [-0.05, 0) is 30.7 Å². The van der Waals surface area contributed by atoms with Crippen molar-refractivity contribution >= 4 is 24.2 Å². The van der Waals surface area contributed by atoms with Crippen LogP contribution in [0, 0.1) is 11.8 Å². The van der Waals surface area contributed by atoms with Crippen molar-refractivity contribution in [1.82, 2.24) is 16.0 Å². The summed E-state index contributed by atoms with van der Waals surface area (Å²) in [5, 5.41) is 8.17. The fourth-order valence-corrected chi connectivity index (χ4v) is 4.50. The lowest BCUT2D eigenvalue weighted by molar-refractivity contribution is -0.127. The molecule has 1 heterocycles. The highest BCUT2D eigenvalue weighted by Crippen LogP contribution is 2.27. The minimum Gasteiger partial charge on any atom is -0.445 e. The van der Waals surface area contributed by atoms with Crippen LogP contribution in [-0.4, -0.2) is 42.8 Å². The Kier molecular flexibility index (Phi) is 9.07. The maximum atomic E-state index is 13.0. The molecule has 2 aliphatic rings. The number of amides is 3. The van der Waals surface area contributed by atoms with Gasteiger partial charge in [-0.2, -0.15) is 0 Å². The SMILES string of the molecule is O=C[C@H](CC1CCNC1=O)NC(=O)[C@H](CC1CCCCC1)NC(=O)OCc1ccccc1. The molecular weight excluding hydrogens is 410 g/mol. The van der Waals surface area contributed by atoms with Gasteiger partial charge in [-0.15, -0.1) is 0 Å². The van der Waals surface area contributed by atoms with Crippen LogP contribution in [0.5, 0.6) is 0 Å². The average molecular weight is 444 g/mol. The van der Waals surface area contributed by atoms with Crippen molar-refractivity contribution in [3.05, 3.63) is 35.9 Å². The molecular formula is C24H33N3O5. The van der Waals surface area contributed by atoms with Gasteiger partial charge in [0.15, 0.2) is 0 Å². The zero-order chi connectivity index (χ0) is 22.8. The second-order valence-electron chi connectivity index (χ2n) is 8.76. The van der Waals surface area contributed by atoms with Crippen LogP contribution in [0.2, 0.25) is 0 Å². The van der Waals surface area contributed by atoms with Crippen LogP contribution in [0.1, 0.15) is 56.9 Å². The van der Waals surface area contributed by atoms with Gasteiger partial charge in [-0.1, -0.05) is 62.4 Å². The van der Waals surface area contributed by atoms with Crippen LogP contribution >= 0.6 is 0 Å². The fraction of sp³-hybridized carbons (Fsp3) is 0.583. The lowest BCUT2D eigenvalue weighted by Crippen LogP contribution is -2.51. The molecule has 1 aromatic carbocycles. The molecule has 3 atom stereocenters. The van der Waals surface area contributed by atoms with E-state index in [1.165, 1.54) is 6.42 Å². The number of hydrogen-bond acceptors (Lipinski definition) is 5. The third kappa shape index (κ3) is 7.35. The van der Waals surface area contributed by atoms with Crippen molar-refractivity contribution in [3.63, 3.8) is 0 Å². The first-order chi connectivity index (χ1) is 15.5. The van der Waals surface area contributed by atoms with E-state index in [9.17, 15) is 19.2 Å². The summed E-state index contributed by atoms with van der Waals surface area (Å²) in [6, 6.07) is 7.75. The highest BCUT2D eigenvalue weighted by molar-refractivity contribution is 5.88. The number of benzene rings is 1. The third-order valence-corrected chi connectivity index (χ3v) is 6.31. The lowest BCUT2D eigenvalue weighted by Gasteiger charge is -2.27. The normalized spacial score (nSPS) is 20.6. The molecule has 0 bridgehead atoms. The Hall–Kier alpha value is -2.90. The van der Waals surface area contributed by atoms with E-state index in [4.69, 9.17) is 4.74 Å². The van der Waals surface area contributed by atoms with Crippen molar-refractivity contribution in [2.75, 3.05) is 6.54 Å². The van der Waals surface area contributed by atoms with Gasteiger partial charge in [0.05, 0.1) is 6.04 Å². The molecule has 3 amide bonds. The van der Waals surface area contributed by atoms with Crippen molar-refractivity contribution in [1.29, 1.82) is 0 Å². The molecule has 174 valence electrons. The van der Waals surface area contributed by atoms with E-state index in [-0.39, 0.29) is 24.9 Å². The van der Waals surface area contributed by atoms with Crippen LogP contribution in [-0.2, 0) is 25.7 Å². The summed E-state index contributed by atoms with van der Waals surface area (Å²) in [4.78, 5) is 48.8. The van der Waals surface area contributed by atoms with Crippen LogP contribution in [0.25, 0.3) is 0 Å². The molecule has 1 aliphatic carbocycles. The molecule has 0 aromatic heterocycles. The molecule has 1 aliphatic heterocycles. The first-order valence-corrected chi connectivity index (χ1v) is 11.6. The topological polar surface area (TPSA) is 114 Å². The Morgan fingerprint density at radius 1 is 1.06 bits per heavy atom. The predicted molar refractivity (Wildman–Crippen MR) is 118 cm³/mol. The number of aldehydes is 1.